The molecule has 0 unspecified atom stereocenters. The van der Waals surface area contributed by atoms with Crippen molar-refractivity contribution in [3.05, 3.63) is 47.5 Å². The van der Waals surface area contributed by atoms with E-state index in [2.05, 4.69) is 21.9 Å². The molecule has 32 heavy (non-hydrogen) atoms. The van der Waals surface area contributed by atoms with E-state index in [1.54, 1.807) is 28.4 Å². The molecule has 1 saturated heterocycles. The SMILES string of the molecule is COc1ccc([C@@H](C#N)N2CCN([C@H](C#N)c3ccc(OC)c(OC)c3)CC2)cc1OC. The number of rotatable bonds is 8. The Morgan fingerprint density at radius 1 is 0.625 bits per heavy atom. The average molecular weight is 437 g/mol. The summed E-state index contributed by atoms with van der Waals surface area (Å²) in [7, 11) is 6.33. The Morgan fingerprint density at radius 2 is 0.969 bits per heavy atom. The van der Waals surface area contributed by atoms with Gasteiger partial charge in [-0.2, -0.15) is 10.5 Å². The molecule has 8 nitrogen and oxygen atoms in total. The lowest BCUT2D eigenvalue weighted by Gasteiger charge is -2.39. The van der Waals surface area contributed by atoms with Crippen LogP contribution >= 0.6 is 0 Å². The maximum absolute atomic E-state index is 9.87. The van der Waals surface area contributed by atoms with E-state index < -0.39 is 12.1 Å². The highest BCUT2D eigenvalue weighted by Gasteiger charge is 2.30. The highest BCUT2D eigenvalue weighted by molar-refractivity contribution is 5.46. The molecule has 0 saturated carbocycles. The van der Waals surface area contributed by atoms with Gasteiger partial charge in [-0.3, -0.25) is 9.80 Å². The average Bonchev–Trinajstić information content (AvgIpc) is 2.85. The Bertz CT molecular complexity index is 925. The number of nitriles is 2. The summed E-state index contributed by atoms with van der Waals surface area (Å²) in [6, 6.07) is 15.1. The third-order valence-electron chi connectivity index (χ3n) is 5.77. The number of piperazine rings is 1. The van der Waals surface area contributed by atoms with E-state index in [-0.39, 0.29) is 0 Å². The van der Waals surface area contributed by atoms with E-state index in [0.717, 1.165) is 11.1 Å². The summed E-state index contributed by atoms with van der Waals surface area (Å²) in [5.74, 6) is 2.46. The highest BCUT2D eigenvalue weighted by atomic mass is 16.5. The summed E-state index contributed by atoms with van der Waals surface area (Å²) < 4.78 is 21.4. The second kappa shape index (κ2) is 10.7. The monoisotopic (exact) mass is 436 g/mol. The zero-order chi connectivity index (χ0) is 23.1. The van der Waals surface area contributed by atoms with Crippen molar-refractivity contribution in [2.75, 3.05) is 54.6 Å². The predicted octanol–water partition coefficient (Wildman–Crippen LogP) is 3.17. The minimum atomic E-state index is -0.404. The largest absolute Gasteiger partial charge is 0.493 e. The van der Waals surface area contributed by atoms with Crippen LogP contribution in [0.3, 0.4) is 0 Å². The van der Waals surface area contributed by atoms with Gasteiger partial charge in [0.2, 0.25) is 0 Å². The van der Waals surface area contributed by atoms with Gasteiger partial charge in [-0.15, -0.1) is 0 Å². The van der Waals surface area contributed by atoms with Gasteiger partial charge >= 0.3 is 0 Å². The summed E-state index contributed by atoms with van der Waals surface area (Å²) in [6.07, 6.45) is 0. The zero-order valence-corrected chi connectivity index (χ0v) is 18.9. The van der Waals surface area contributed by atoms with Gasteiger partial charge in [0, 0.05) is 26.2 Å². The fourth-order valence-corrected chi connectivity index (χ4v) is 4.03. The minimum Gasteiger partial charge on any atom is -0.493 e. The van der Waals surface area contributed by atoms with Crippen LogP contribution in [0.4, 0.5) is 0 Å². The van der Waals surface area contributed by atoms with Crippen LogP contribution < -0.4 is 18.9 Å². The Morgan fingerprint density at radius 3 is 1.25 bits per heavy atom. The number of ether oxygens (including phenoxy) is 4. The first-order valence-electron chi connectivity index (χ1n) is 10.3. The van der Waals surface area contributed by atoms with Gasteiger partial charge in [-0.05, 0) is 35.4 Å². The standard InChI is InChI=1S/C24H28N4O4/c1-29-21-7-5-17(13-23(21)31-3)19(15-25)27-9-11-28(12-10-27)20(16-26)18-6-8-22(30-2)24(14-18)32-4/h5-8,13-14,19-20H,9-12H2,1-4H3/t19-,20-/m1/s1. The smallest absolute Gasteiger partial charge is 0.161 e. The molecule has 1 aliphatic heterocycles. The van der Waals surface area contributed by atoms with Crippen LogP contribution in [0.2, 0.25) is 0 Å². The lowest BCUT2D eigenvalue weighted by Crippen LogP contribution is -2.48. The molecule has 2 aromatic rings. The molecule has 1 fully saturated rings. The van der Waals surface area contributed by atoms with E-state index in [9.17, 15) is 10.5 Å². The van der Waals surface area contributed by atoms with Crippen LogP contribution in [-0.2, 0) is 0 Å². The molecule has 168 valence electrons. The third kappa shape index (κ3) is 4.72. The summed E-state index contributed by atoms with van der Waals surface area (Å²) >= 11 is 0. The second-order valence-electron chi connectivity index (χ2n) is 7.36. The van der Waals surface area contributed by atoms with Crippen molar-refractivity contribution < 1.29 is 18.9 Å². The summed E-state index contributed by atoms with van der Waals surface area (Å²) in [6.45, 7) is 2.66. The van der Waals surface area contributed by atoms with Crippen molar-refractivity contribution in [3.63, 3.8) is 0 Å². The summed E-state index contributed by atoms with van der Waals surface area (Å²) in [5, 5.41) is 19.7. The van der Waals surface area contributed by atoms with Gasteiger partial charge < -0.3 is 18.9 Å². The molecule has 0 aromatic heterocycles. The second-order valence-corrected chi connectivity index (χ2v) is 7.36. The van der Waals surface area contributed by atoms with Crippen LogP contribution in [0.5, 0.6) is 23.0 Å². The third-order valence-corrected chi connectivity index (χ3v) is 5.77. The molecule has 3 rings (SSSR count). The predicted molar refractivity (Wildman–Crippen MR) is 119 cm³/mol. The molecule has 2 aromatic carbocycles. The lowest BCUT2D eigenvalue weighted by atomic mass is 10.0. The van der Waals surface area contributed by atoms with Crippen LogP contribution in [0.1, 0.15) is 23.2 Å². The maximum atomic E-state index is 9.87. The molecule has 0 amide bonds. The molecular weight excluding hydrogens is 408 g/mol. The van der Waals surface area contributed by atoms with Gasteiger partial charge in [0.25, 0.3) is 0 Å². The molecule has 0 bridgehead atoms. The molecule has 0 N–H and O–H groups in total. The van der Waals surface area contributed by atoms with Crippen LogP contribution in [0.25, 0.3) is 0 Å². The molecule has 8 heteroatoms. The molecule has 1 heterocycles. The molecule has 0 radical (unpaired) electrons. The van der Waals surface area contributed by atoms with Gasteiger partial charge in [0.15, 0.2) is 23.0 Å². The minimum absolute atomic E-state index is 0.404. The molecule has 0 aliphatic carbocycles. The Labute approximate surface area is 189 Å². The van der Waals surface area contributed by atoms with Crippen molar-refractivity contribution in [1.29, 1.82) is 10.5 Å². The van der Waals surface area contributed by atoms with Crippen molar-refractivity contribution in [1.82, 2.24) is 9.80 Å². The van der Waals surface area contributed by atoms with E-state index in [0.29, 0.717) is 49.2 Å². The number of hydrogen-bond donors (Lipinski definition) is 0. The maximum Gasteiger partial charge on any atom is 0.161 e. The molecular formula is C24H28N4O4. The van der Waals surface area contributed by atoms with Gasteiger partial charge in [0.05, 0.1) is 40.6 Å². The first kappa shape index (κ1) is 23.2. The van der Waals surface area contributed by atoms with E-state index >= 15 is 0 Å². The number of nitrogens with zero attached hydrogens (tertiary/aromatic N) is 4. The van der Waals surface area contributed by atoms with Crippen LogP contribution in [-0.4, -0.2) is 64.4 Å². The lowest BCUT2D eigenvalue weighted by molar-refractivity contribution is 0.0977. The quantitative estimate of drug-likeness (QED) is 0.623. The van der Waals surface area contributed by atoms with Gasteiger partial charge in [-0.1, -0.05) is 12.1 Å². The van der Waals surface area contributed by atoms with Crippen molar-refractivity contribution in [2.24, 2.45) is 0 Å². The normalized spacial score (nSPS) is 16.3. The van der Waals surface area contributed by atoms with E-state index in [1.807, 2.05) is 36.4 Å². The Balaban J connectivity index is 1.73. The fourth-order valence-electron chi connectivity index (χ4n) is 4.03. The molecule has 1 aliphatic rings. The number of benzene rings is 2. The first-order chi connectivity index (χ1) is 15.6. The van der Waals surface area contributed by atoms with Crippen LogP contribution in [0, 0.1) is 22.7 Å². The molecule has 2 atom stereocenters. The van der Waals surface area contributed by atoms with E-state index in [1.165, 1.54) is 0 Å². The summed E-state index contributed by atoms with van der Waals surface area (Å²) in [4.78, 5) is 4.25. The Kier molecular flexibility index (Phi) is 7.77. The summed E-state index contributed by atoms with van der Waals surface area (Å²) in [5.41, 5.74) is 1.71. The molecule has 0 spiro atoms. The highest BCUT2D eigenvalue weighted by Crippen LogP contribution is 2.34. The zero-order valence-electron chi connectivity index (χ0n) is 18.9. The Hall–Kier alpha value is -3.46. The van der Waals surface area contributed by atoms with Gasteiger partial charge in [-0.25, -0.2) is 0 Å². The van der Waals surface area contributed by atoms with Crippen molar-refractivity contribution in [2.45, 2.75) is 12.1 Å². The first-order valence-corrected chi connectivity index (χ1v) is 10.3. The van der Waals surface area contributed by atoms with Gasteiger partial charge in [0.1, 0.15) is 12.1 Å². The topological polar surface area (TPSA) is 91.0 Å². The number of methoxy groups -OCH3 is 4. The van der Waals surface area contributed by atoms with E-state index in [4.69, 9.17) is 18.9 Å². The van der Waals surface area contributed by atoms with Crippen LogP contribution in [0.15, 0.2) is 36.4 Å². The van der Waals surface area contributed by atoms with Crippen molar-refractivity contribution in [3.8, 4) is 35.1 Å². The number of hydrogen-bond acceptors (Lipinski definition) is 8. The fraction of sp³-hybridized carbons (Fsp3) is 0.417. The van der Waals surface area contributed by atoms with Crippen molar-refractivity contribution >= 4 is 0 Å².